The molecule has 0 bridgehead atoms. The number of nitrogens with zero attached hydrogens (tertiary/aromatic N) is 4. The molecule has 1 saturated heterocycles. The third kappa shape index (κ3) is 3.94. The Morgan fingerprint density at radius 2 is 2.18 bits per heavy atom. The number of benzene rings is 1. The number of hydrogen-bond donors (Lipinski definition) is 2. The van der Waals surface area contributed by atoms with E-state index < -0.39 is 12.1 Å². The molecule has 3 unspecified atom stereocenters. The van der Waals surface area contributed by atoms with Gasteiger partial charge in [0.25, 0.3) is 0 Å². The second-order valence-corrected chi connectivity index (χ2v) is 9.62. The molecule has 172 valence electrons. The van der Waals surface area contributed by atoms with Gasteiger partial charge < -0.3 is 15.2 Å². The number of rotatable bonds is 5. The zero-order valence-electron chi connectivity index (χ0n) is 18.3. The van der Waals surface area contributed by atoms with Crippen molar-refractivity contribution in [3.63, 3.8) is 0 Å². The van der Waals surface area contributed by atoms with Gasteiger partial charge in [0, 0.05) is 34.1 Å². The van der Waals surface area contributed by atoms with E-state index >= 15 is 0 Å². The molecule has 1 aromatic carbocycles. The van der Waals surface area contributed by atoms with Gasteiger partial charge in [0.15, 0.2) is 11.6 Å². The summed E-state index contributed by atoms with van der Waals surface area (Å²) >= 11 is 8.06. The molecule has 10 heteroatoms. The van der Waals surface area contributed by atoms with Gasteiger partial charge in [0.05, 0.1) is 24.8 Å². The Balaban J connectivity index is 1.65. The number of halogens is 1. The molecule has 2 aromatic heterocycles. The molecular formula is C23H24ClN5O3S. The number of aryl methyl sites for hydroxylation is 1. The van der Waals surface area contributed by atoms with Crippen LogP contribution < -0.4 is 5.32 Å². The molecule has 5 rings (SSSR count). The van der Waals surface area contributed by atoms with Gasteiger partial charge in [0.2, 0.25) is 0 Å². The number of aliphatic hydroxyl groups is 1. The molecule has 4 heterocycles. The van der Waals surface area contributed by atoms with Crippen LogP contribution in [0.25, 0.3) is 5.00 Å². The number of Topliss-reactive ketones (excluding diaryl/α,β-unsaturated/α-hetero) is 1. The van der Waals surface area contributed by atoms with E-state index in [9.17, 15) is 9.90 Å². The minimum atomic E-state index is -0.582. The Morgan fingerprint density at radius 3 is 2.91 bits per heavy atom. The molecule has 1 fully saturated rings. The molecule has 2 N–H and O–H groups in total. The van der Waals surface area contributed by atoms with Crippen molar-refractivity contribution < 1.29 is 14.6 Å². The largest absolute Gasteiger partial charge is 0.394 e. The third-order valence-electron chi connectivity index (χ3n) is 6.02. The molecule has 0 spiro atoms. The van der Waals surface area contributed by atoms with Crippen molar-refractivity contribution in [3.05, 3.63) is 63.0 Å². The number of nitrogens with one attached hydrogen (secondary N) is 1. The molecule has 3 atom stereocenters. The van der Waals surface area contributed by atoms with Gasteiger partial charge in [-0.2, -0.15) is 0 Å². The monoisotopic (exact) mass is 485 g/mol. The lowest BCUT2D eigenvalue weighted by molar-refractivity contribution is -0.133. The lowest BCUT2D eigenvalue weighted by atomic mass is 9.97. The smallest absolute Gasteiger partial charge is 0.170 e. The molecular weight excluding hydrogens is 462 g/mol. The van der Waals surface area contributed by atoms with Crippen molar-refractivity contribution in [2.75, 3.05) is 26.3 Å². The van der Waals surface area contributed by atoms with Gasteiger partial charge in [-0.3, -0.25) is 14.4 Å². The highest BCUT2D eigenvalue weighted by Gasteiger charge is 2.33. The number of thiophene rings is 1. The van der Waals surface area contributed by atoms with Crippen molar-refractivity contribution >= 4 is 34.4 Å². The Kier molecular flexibility index (Phi) is 6.15. The molecule has 2 aliphatic heterocycles. The minimum Gasteiger partial charge on any atom is -0.394 e. The van der Waals surface area contributed by atoms with E-state index in [1.807, 2.05) is 48.7 Å². The van der Waals surface area contributed by atoms with E-state index in [-0.39, 0.29) is 18.3 Å². The van der Waals surface area contributed by atoms with E-state index in [0.717, 1.165) is 27.5 Å². The van der Waals surface area contributed by atoms with Crippen LogP contribution in [0, 0.1) is 6.92 Å². The molecule has 0 amide bonds. The third-order valence-corrected chi connectivity index (χ3v) is 7.66. The molecule has 3 aromatic rings. The summed E-state index contributed by atoms with van der Waals surface area (Å²) in [5.41, 5.74) is 2.26. The Hall–Kier alpha value is -2.43. The first-order chi connectivity index (χ1) is 16.0. The van der Waals surface area contributed by atoms with Crippen LogP contribution in [0.1, 0.15) is 46.5 Å². The van der Waals surface area contributed by atoms with Gasteiger partial charge in [-0.05, 0) is 19.1 Å². The maximum atomic E-state index is 13.2. The molecule has 2 aliphatic rings. The predicted molar refractivity (Wildman–Crippen MR) is 127 cm³/mol. The van der Waals surface area contributed by atoms with Crippen LogP contribution in [0.5, 0.6) is 0 Å². The summed E-state index contributed by atoms with van der Waals surface area (Å²) in [5.74, 6) is 0.940. The fraction of sp³-hybridized carbons (Fsp3) is 0.391. The van der Waals surface area contributed by atoms with E-state index in [4.69, 9.17) is 21.3 Å². The standard InChI is InChI=1S/C23H24ClN5O3S/c1-12(21(31)18-10-25-7-8-32-18)19-9-15-20(14-5-3-4-6-16(14)24)26-17(11-30)22-28-27-13(2)29(22)23(15)33-19/h3-6,9,12,17-18,25,30H,7-8,10-11H2,1-2H3. The van der Waals surface area contributed by atoms with E-state index in [1.54, 1.807) is 0 Å². The Morgan fingerprint density at radius 1 is 1.36 bits per heavy atom. The highest BCUT2D eigenvalue weighted by Crippen LogP contribution is 2.39. The zero-order chi connectivity index (χ0) is 23.1. The van der Waals surface area contributed by atoms with Gasteiger partial charge in [-0.1, -0.05) is 36.7 Å². The number of ether oxygens (including phenoxy) is 1. The van der Waals surface area contributed by atoms with Gasteiger partial charge >= 0.3 is 0 Å². The maximum absolute atomic E-state index is 13.2. The first-order valence-corrected chi connectivity index (χ1v) is 12.0. The molecule has 8 nitrogen and oxygen atoms in total. The van der Waals surface area contributed by atoms with Crippen LogP contribution in [0.4, 0.5) is 0 Å². The number of ketones is 1. The Labute approximate surface area is 200 Å². The molecule has 33 heavy (non-hydrogen) atoms. The normalized spacial score (nSPS) is 21.0. The van der Waals surface area contributed by atoms with Gasteiger partial charge in [-0.25, -0.2) is 0 Å². The summed E-state index contributed by atoms with van der Waals surface area (Å²) in [6.07, 6.45) is -0.460. The van der Waals surface area contributed by atoms with Crippen molar-refractivity contribution in [1.29, 1.82) is 0 Å². The van der Waals surface area contributed by atoms with E-state index in [0.29, 0.717) is 35.5 Å². The topological polar surface area (TPSA) is 102 Å². The second kappa shape index (κ2) is 9.08. The number of aliphatic imine (C=N–C) groups is 1. The van der Waals surface area contributed by atoms with Crippen LogP contribution >= 0.6 is 22.9 Å². The van der Waals surface area contributed by atoms with Crippen LogP contribution in [0.3, 0.4) is 0 Å². The summed E-state index contributed by atoms with van der Waals surface area (Å²) < 4.78 is 7.62. The number of fused-ring (bicyclic) bond motifs is 3. The summed E-state index contributed by atoms with van der Waals surface area (Å²) in [4.78, 5) is 18.9. The number of aromatic nitrogens is 3. The first-order valence-electron chi connectivity index (χ1n) is 10.9. The molecule has 0 saturated carbocycles. The van der Waals surface area contributed by atoms with Gasteiger partial charge in [0.1, 0.15) is 23.0 Å². The van der Waals surface area contributed by atoms with Crippen molar-refractivity contribution in [1.82, 2.24) is 20.1 Å². The second-order valence-electron chi connectivity index (χ2n) is 8.15. The molecule has 0 radical (unpaired) electrons. The van der Waals surface area contributed by atoms with Crippen LogP contribution in [-0.2, 0) is 9.53 Å². The molecule has 0 aliphatic carbocycles. The van der Waals surface area contributed by atoms with Crippen molar-refractivity contribution in [2.24, 2.45) is 4.99 Å². The Bertz CT molecular complexity index is 1230. The lowest BCUT2D eigenvalue weighted by Crippen LogP contribution is -2.44. The summed E-state index contributed by atoms with van der Waals surface area (Å²) in [6.45, 7) is 5.37. The number of carbonyl (C=O) groups is 1. The average Bonchev–Trinajstić information content (AvgIpc) is 3.40. The van der Waals surface area contributed by atoms with E-state index in [1.165, 1.54) is 11.3 Å². The fourth-order valence-electron chi connectivity index (χ4n) is 4.24. The van der Waals surface area contributed by atoms with Crippen LogP contribution in [0.2, 0.25) is 5.02 Å². The zero-order valence-corrected chi connectivity index (χ0v) is 19.9. The quantitative estimate of drug-likeness (QED) is 0.576. The SMILES string of the molecule is Cc1nnc2n1-c1sc(C(C)C(=O)C3CNCCO3)cc1C(c1ccccc1Cl)=NC2CO. The highest BCUT2D eigenvalue weighted by atomic mass is 35.5. The maximum Gasteiger partial charge on any atom is 0.170 e. The number of carbonyl (C=O) groups excluding carboxylic acids is 1. The van der Waals surface area contributed by atoms with Crippen LogP contribution in [0.15, 0.2) is 35.3 Å². The number of morpholine rings is 1. The van der Waals surface area contributed by atoms with Crippen molar-refractivity contribution in [2.45, 2.75) is 31.9 Å². The predicted octanol–water partition coefficient (Wildman–Crippen LogP) is 2.84. The number of aliphatic hydroxyl groups excluding tert-OH is 1. The average molecular weight is 486 g/mol. The van der Waals surface area contributed by atoms with Crippen LogP contribution in [-0.4, -0.2) is 63.8 Å². The summed E-state index contributed by atoms with van der Waals surface area (Å²) in [5, 5.41) is 23.3. The highest BCUT2D eigenvalue weighted by molar-refractivity contribution is 7.15. The summed E-state index contributed by atoms with van der Waals surface area (Å²) in [6, 6.07) is 8.92. The van der Waals surface area contributed by atoms with Crippen molar-refractivity contribution in [3.8, 4) is 5.00 Å². The van der Waals surface area contributed by atoms with Gasteiger partial charge in [-0.15, -0.1) is 21.5 Å². The minimum absolute atomic E-state index is 0.0452. The fourth-order valence-corrected chi connectivity index (χ4v) is 5.74. The summed E-state index contributed by atoms with van der Waals surface area (Å²) in [7, 11) is 0. The lowest BCUT2D eigenvalue weighted by Gasteiger charge is -2.24. The first kappa shape index (κ1) is 22.4. The van der Waals surface area contributed by atoms with E-state index in [2.05, 4.69) is 15.5 Å². The number of hydrogen-bond acceptors (Lipinski definition) is 8.